The molecule has 18 heavy (non-hydrogen) atoms. The summed E-state index contributed by atoms with van der Waals surface area (Å²) in [5.74, 6) is 0. The van der Waals surface area contributed by atoms with Crippen LogP contribution in [0.3, 0.4) is 0 Å². The van der Waals surface area contributed by atoms with E-state index in [0.717, 1.165) is 0 Å². The largest absolute Gasteiger partial charge is 0.135 e. The molecule has 0 unspecified atom stereocenters. The Morgan fingerprint density at radius 3 is 2.06 bits per heavy atom. The second-order valence-electron chi connectivity index (χ2n) is 3.60. The topological polar surface area (TPSA) is 0 Å². The number of hydrogen-bond acceptors (Lipinski definition) is 1. The van der Waals surface area contributed by atoms with Crippen molar-refractivity contribution in [2.24, 2.45) is 0 Å². The number of rotatable bonds is 0. The van der Waals surface area contributed by atoms with Gasteiger partial charge in [-0.15, -0.1) is 11.3 Å². The van der Waals surface area contributed by atoms with Crippen molar-refractivity contribution >= 4 is 31.5 Å². The molecule has 1 heterocycles. The van der Waals surface area contributed by atoms with E-state index in [0.29, 0.717) is 0 Å². The zero-order valence-electron chi connectivity index (χ0n) is 11.9. The van der Waals surface area contributed by atoms with Crippen molar-refractivity contribution in [1.29, 1.82) is 0 Å². The SMILES string of the molecule is CC.CC.Cc1ccc2sc3ccccc3c2c1. The number of aryl methyl sites for hydroxylation is 1. The van der Waals surface area contributed by atoms with Gasteiger partial charge in [-0.1, -0.05) is 57.5 Å². The summed E-state index contributed by atoms with van der Waals surface area (Å²) in [7, 11) is 0. The summed E-state index contributed by atoms with van der Waals surface area (Å²) in [5, 5.41) is 2.78. The van der Waals surface area contributed by atoms with Crippen LogP contribution in [0, 0.1) is 6.92 Å². The maximum Gasteiger partial charge on any atom is 0.0355 e. The molecule has 1 heteroatoms. The molecule has 0 spiro atoms. The van der Waals surface area contributed by atoms with E-state index in [-0.39, 0.29) is 0 Å². The Balaban J connectivity index is 0.000000371. The fraction of sp³-hybridized carbons (Fsp3) is 0.294. The van der Waals surface area contributed by atoms with Crippen LogP contribution >= 0.6 is 11.3 Å². The molecule has 0 atom stereocenters. The van der Waals surface area contributed by atoms with Crippen molar-refractivity contribution in [2.45, 2.75) is 34.6 Å². The van der Waals surface area contributed by atoms with Gasteiger partial charge in [0.1, 0.15) is 0 Å². The lowest BCUT2D eigenvalue weighted by molar-refractivity contribution is 1.50. The Morgan fingerprint density at radius 1 is 0.722 bits per heavy atom. The third-order valence-corrected chi connectivity index (χ3v) is 3.68. The Hall–Kier alpha value is -1.34. The summed E-state index contributed by atoms with van der Waals surface area (Å²) >= 11 is 1.87. The molecule has 0 radical (unpaired) electrons. The molecule has 0 fully saturated rings. The van der Waals surface area contributed by atoms with Gasteiger partial charge >= 0.3 is 0 Å². The first-order valence-corrected chi connectivity index (χ1v) is 7.54. The zero-order valence-corrected chi connectivity index (χ0v) is 12.8. The van der Waals surface area contributed by atoms with Gasteiger partial charge in [0, 0.05) is 20.2 Å². The molecule has 0 N–H and O–H groups in total. The van der Waals surface area contributed by atoms with Gasteiger partial charge in [-0.2, -0.15) is 0 Å². The highest BCUT2D eigenvalue weighted by Crippen LogP contribution is 2.33. The van der Waals surface area contributed by atoms with Gasteiger partial charge in [-0.05, 0) is 25.1 Å². The summed E-state index contributed by atoms with van der Waals surface area (Å²) in [6.45, 7) is 10.1. The second kappa shape index (κ2) is 7.17. The fourth-order valence-electron chi connectivity index (χ4n) is 1.84. The fourth-order valence-corrected chi connectivity index (χ4v) is 2.93. The summed E-state index contributed by atoms with van der Waals surface area (Å²) in [4.78, 5) is 0. The van der Waals surface area contributed by atoms with Crippen molar-refractivity contribution in [2.75, 3.05) is 0 Å². The van der Waals surface area contributed by atoms with E-state index in [1.807, 2.05) is 39.0 Å². The lowest BCUT2D eigenvalue weighted by Crippen LogP contribution is -1.69. The molecule has 3 rings (SSSR count). The van der Waals surface area contributed by atoms with Crippen molar-refractivity contribution in [3.63, 3.8) is 0 Å². The molecule has 1 aromatic heterocycles. The molecule has 0 aliphatic heterocycles. The normalized spacial score (nSPS) is 9.39. The molecule has 0 bridgehead atoms. The molecular weight excluding hydrogens is 236 g/mol. The highest BCUT2D eigenvalue weighted by Gasteiger charge is 2.02. The molecule has 0 aliphatic rings. The molecule has 3 aromatic rings. The molecule has 2 aromatic carbocycles. The standard InChI is InChI=1S/C13H10S.2C2H6/c1-9-6-7-13-11(8-9)10-4-2-3-5-12(10)14-13;2*1-2/h2-8H,1H3;2*1-2H3. The Kier molecular flexibility index (Phi) is 5.87. The number of benzene rings is 2. The monoisotopic (exact) mass is 258 g/mol. The minimum Gasteiger partial charge on any atom is -0.135 e. The van der Waals surface area contributed by atoms with Crippen LogP contribution < -0.4 is 0 Å². The second-order valence-corrected chi connectivity index (χ2v) is 4.68. The Morgan fingerprint density at radius 2 is 1.33 bits per heavy atom. The first kappa shape index (κ1) is 14.7. The van der Waals surface area contributed by atoms with Crippen LogP contribution in [0.1, 0.15) is 33.3 Å². The minimum atomic E-state index is 1.33. The van der Waals surface area contributed by atoms with Crippen molar-refractivity contribution in [1.82, 2.24) is 0 Å². The molecule has 0 aliphatic carbocycles. The van der Waals surface area contributed by atoms with Crippen molar-refractivity contribution in [3.05, 3.63) is 48.0 Å². The average molecular weight is 258 g/mol. The predicted molar refractivity (Wildman–Crippen MR) is 86.8 cm³/mol. The smallest absolute Gasteiger partial charge is 0.0355 e. The van der Waals surface area contributed by atoms with Crippen LogP contribution in [-0.4, -0.2) is 0 Å². The zero-order chi connectivity index (χ0) is 13.5. The first-order chi connectivity index (χ1) is 8.84. The van der Waals surface area contributed by atoms with E-state index in [9.17, 15) is 0 Å². The quantitative estimate of drug-likeness (QED) is 0.436. The van der Waals surface area contributed by atoms with Crippen LogP contribution in [-0.2, 0) is 0 Å². The number of fused-ring (bicyclic) bond motifs is 3. The number of thiophene rings is 1. The minimum absolute atomic E-state index is 1.33. The lowest BCUT2D eigenvalue weighted by atomic mass is 10.1. The van der Waals surface area contributed by atoms with Crippen molar-refractivity contribution < 1.29 is 0 Å². The summed E-state index contributed by atoms with van der Waals surface area (Å²) in [5.41, 5.74) is 1.33. The van der Waals surface area contributed by atoms with Crippen LogP contribution in [0.2, 0.25) is 0 Å². The molecule has 0 amide bonds. The summed E-state index contributed by atoms with van der Waals surface area (Å²) in [6.07, 6.45) is 0. The van der Waals surface area contributed by atoms with Gasteiger partial charge in [-0.3, -0.25) is 0 Å². The van der Waals surface area contributed by atoms with Crippen LogP contribution in [0.4, 0.5) is 0 Å². The predicted octanol–water partition coefficient (Wildman–Crippen LogP) is 6.42. The van der Waals surface area contributed by atoms with Gasteiger partial charge in [0.05, 0.1) is 0 Å². The van der Waals surface area contributed by atoms with Gasteiger partial charge in [0.25, 0.3) is 0 Å². The van der Waals surface area contributed by atoms with Gasteiger partial charge in [0.15, 0.2) is 0 Å². The Bertz CT molecular complexity index is 605. The first-order valence-electron chi connectivity index (χ1n) is 6.72. The van der Waals surface area contributed by atoms with E-state index < -0.39 is 0 Å². The van der Waals surface area contributed by atoms with Gasteiger partial charge < -0.3 is 0 Å². The lowest BCUT2D eigenvalue weighted by Gasteiger charge is -1.92. The van der Waals surface area contributed by atoms with Gasteiger partial charge in [-0.25, -0.2) is 0 Å². The summed E-state index contributed by atoms with van der Waals surface area (Å²) in [6, 6.07) is 15.3. The van der Waals surface area contributed by atoms with Crippen molar-refractivity contribution in [3.8, 4) is 0 Å². The van der Waals surface area contributed by atoms with E-state index in [2.05, 4.69) is 49.4 Å². The Labute approximate surface area is 114 Å². The third-order valence-electron chi connectivity index (χ3n) is 2.53. The highest BCUT2D eigenvalue weighted by molar-refractivity contribution is 7.25. The molecular formula is C17H22S. The van der Waals surface area contributed by atoms with E-state index in [1.54, 1.807) is 0 Å². The number of hydrogen-bond donors (Lipinski definition) is 0. The molecule has 0 saturated carbocycles. The summed E-state index contributed by atoms with van der Waals surface area (Å²) < 4.78 is 2.77. The maximum atomic E-state index is 2.27. The van der Waals surface area contributed by atoms with E-state index >= 15 is 0 Å². The van der Waals surface area contributed by atoms with E-state index in [4.69, 9.17) is 0 Å². The molecule has 96 valence electrons. The van der Waals surface area contributed by atoms with Crippen LogP contribution in [0.25, 0.3) is 20.2 Å². The average Bonchev–Trinajstić information content (AvgIpc) is 2.81. The van der Waals surface area contributed by atoms with Gasteiger partial charge in [0.2, 0.25) is 0 Å². The van der Waals surface area contributed by atoms with Crippen LogP contribution in [0.5, 0.6) is 0 Å². The van der Waals surface area contributed by atoms with E-state index in [1.165, 1.54) is 25.7 Å². The highest BCUT2D eigenvalue weighted by atomic mass is 32.1. The molecule has 0 nitrogen and oxygen atoms in total. The molecule has 0 saturated heterocycles. The van der Waals surface area contributed by atoms with Crippen LogP contribution in [0.15, 0.2) is 42.5 Å². The maximum absolute atomic E-state index is 2.27. The third kappa shape index (κ3) is 2.91.